The van der Waals surface area contributed by atoms with Gasteiger partial charge in [-0.3, -0.25) is 4.79 Å². The van der Waals surface area contributed by atoms with E-state index in [-0.39, 0.29) is 18.0 Å². The first-order chi connectivity index (χ1) is 10.1. The van der Waals surface area contributed by atoms with E-state index in [4.69, 9.17) is 11.6 Å². The van der Waals surface area contributed by atoms with Crippen LogP contribution in [0, 0.1) is 0 Å². The number of hydrogen-bond acceptors (Lipinski definition) is 2. The Morgan fingerprint density at radius 2 is 2.14 bits per heavy atom. The van der Waals surface area contributed by atoms with Crippen molar-refractivity contribution in [3.05, 3.63) is 34.3 Å². The first kappa shape index (κ1) is 14.2. The van der Waals surface area contributed by atoms with E-state index in [1.165, 1.54) is 0 Å². The predicted molar refractivity (Wildman–Crippen MR) is 79.9 cm³/mol. The number of nitrogens with zero attached hydrogens (tertiary/aromatic N) is 2. The highest BCUT2D eigenvalue weighted by Crippen LogP contribution is 2.25. The van der Waals surface area contributed by atoms with Gasteiger partial charge in [-0.1, -0.05) is 17.7 Å². The molecule has 1 N–H and O–H groups in total. The lowest BCUT2D eigenvalue weighted by molar-refractivity contribution is -0.127. The molecule has 1 atom stereocenters. The molecule has 0 aliphatic carbocycles. The molecule has 0 aromatic heterocycles. The summed E-state index contributed by atoms with van der Waals surface area (Å²) in [6.07, 6.45) is 0.395. The van der Waals surface area contributed by atoms with Crippen molar-refractivity contribution in [1.82, 2.24) is 15.1 Å². The summed E-state index contributed by atoms with van der Waals surface area (Å²) in [5.41, 5.74) is 2.22. The van der Waals surface area contributed by atoms with Crippen LogP contribution in [0.25, 0.3) is 0 Å². The third-order valence-corrected chi connectivity index (χ3v) is 4.34. The number of hydrogen-bond donors (Lipinski definition) is 1. The quantitative estimate of drug-likeness (QED) is 0.908. The van der Waals surface area contributed by atoms with Crippen LogP contribution >= 0.6 is 11.6 Å². The van der Waals surface area contributed by atoms with Gasteiger partial charge in [0.25, 0.3) is 0 Å². The topological polar surface area (TPSA) is 52.7 Å². The van der Waals surface area contributed by atoms with Gasteiger partial charge in [-0.25, -0.2) is 4.79 Å². The van der Waals surface area contributed by atoms with Crippen LogP contribution in [0.4, 0.5) is 4.79 Å². The highest BCUT2D eigenvalue weighted by atomic mass is 35.5. The fourth-order valence-electron chi connectivity index (χ4n) is 2.95. The van der Waals surface area contributed by atoms with Crippen molar-refractivity contribution in [1.29, 1.82) is 0 Å². The van der Waals surface area contributed by atoms with Gasteiger partial charge in [0.2, 0.25) is 5.91 Å². The number of halogens is 1. The fraction of sp³-hybridized carbons (Fsp3) is 0.467. The first-order valence-corrected chi connectivity index (χ1v) is 7.55. The minimum atomic E-state index is -0.113. The van der Waals surface area contributed by atoms with Gasteiger partial charge in [0, 0.05) is 37.6 Å². The lowest BCUT2D eigenvalue weighted by Crippen LogP contribution is -2.43. The Morgan fingerprint density at radius 3 is 2.86 bits per heavy atom. The molecule has 1 fully saturated rings. The summed E-state index contributed by atoms with van der Waals surface area (Å²) in [4.78, 5) is 27.5. The van der Waals surface area contributed by atoms with Crippen LogP contribution in [0.1, 0.15) is 24.5 Å². The van der Waals surface area contributed by atoms with Gasteiger partial charge in [0.15, 0.2) is 0 Å². The molecule has 1 saturated heterocycles. The molecule has 112 valence electrons. The van der Waals surface area contributed by atoms with Crippen molar-refractivity contribution in [2.45, 2.75) is 32.5 Å². The number of rotatable bonds is 2. The normalized spacial score (nSPS) is 20.9. The van der Waals surface area contributed by atoms with Crippen molar-refractivity contribution in [3.8, 4) is 0 Å². The average molecular weight is 308 g/mol. The Kier molecular flexibility index (Phi) is 3.76. The molecule has 1 aromatic rings. The molecule has 6 heteroatoms. The number of amides is 3. The molecule has 3 rings (SSSR count). The maximum Gasteiger partial charge on any atom is 0.318 e. The Morgan fingerprint density at radius 1 is 1.38 bits per heavy atom. The zero-order chi connectivity index (χ0) is 15.0. The lowest BCUT2D eigenvalue weighted by Gasteiger charge is -2.20. The summed E-state index contributed by atoms with van der Waals surface area (Å²) in [7, 11) is 0. The number of carbonyl (C=O) groups excluding carboxylic acids is 2. The van der Waals surface area contributed by atoms with Gasteiger partial charge in [0.05, 0.1) is 6.04 Å². The third kappa shape index (κ3) is 2.83. The minimum Gasteiger partial charge on any atom is -0.341 e. The van der Waals surface area contributed by atoms with Gasteiger partial charge < -0.3 is 15.1 Å². The maximum absolute atomic E-state index is 12.3. The van der Waals surface area contributed by atoms with Gasteiger partial charge in [-0.05, 0) is 30.2 Å². The van der Waals surface area contributed by atoms with Gasteiger partial charge in [-0.15, -0.1) is 0 Å². The Labute approximate surface area is 128 Å². The second kappa shape index (κ2) is 5.56. The predicted octanol–water partition coefficient (Wildman–Crippen LogP) is 1.99. The average Bonchev–Trinajstić information content (AvgIpc) is 3.01. The van der Waals surface area contributed by atoms with Crippen molar-refractivity contribution in [3.63, 3.8) is 0 Å². The first-order valence-electron chi connectivity index (χ1n) is 7.17. The molecule has 0 spiro atoms. The Balaban J connectivity index is 1.60. The van der Waals surface area contributed by atoms with E-state index < -0.39 is 0 Å². The fourth-order valence-corrected chi connectivity index (χ4v) is 3.14. The highest BCUT2D eigenvalue weighted by molar-refractivity contribution is 6.30. The second-order valence-electron chi connectivity index (χ2n) is 5.55. The molecule has 2 aliphatic rings. The summed E-state index contributed by atoms with van der Waals surface area (Å²) < 4.78 is 0. The minimum absolute atomic E-state index is 0.0859. The molecular formula is C15H18ClN3O2. The molecular weight excluding hydrogens is 290 g/mol. The number of likely N-dealkylation sites (tertiary alicyclic amines) is 1. The van der Waals surface area contributed by atoms with E-state index in [0.717, 1.165) is 11.1 Å². The number of carbonyl (C=O) groups is 2. The summed E-state index contributed by atoms with van der Waals surface area (Å²) in [6.45, 7) is 4.41. The molecule has 0 radical (unpaired) electrons. The van der Waals surface area contributed by atoms with Crippen LogP contribution in [0.2, 0.25) is 5.02 Å². The van der Waals surface area contributed by atoms with Crippen molar-refractivity contribution >= 4 is 23.5 Å². The second-order valence-corrected chi connectivity index (χ2v) is 5.99. The smallest absolute Gasteiger partial charge is 0.318 e. The molecule has 0 saturated carbocycles. The molecule has 21 heavy (non-hydrogen) atoms. The van der Waals surface area contributed by atoms with E-state index >= 15 is 0 Å². The lowest BCUT2D eigenvalue weighted by atomic mass is 10.1. The third-order valence-electron chi connectivity index (χ3n) is 4.10. The maximum atomic E-state index is 12.3. The number of likely N-dealkylation sites (N-methyl/N-ethyl adjacent to an activating group) is 1. The molecule has 3 amide bonds. The van der Waals surface area contributed by atoms with Crippen LogP contribution in [-0.4, -0.2) is 40.9 Å². The molecule has 5 nitrogen and oxygen atoms in total. The molecule has 2 aliphatic heterocycles. The summed E-state index contributed by atoms with van der Waals surface area (Å²) >= 11 is 5.97. The summed E-state index contributed by atoms with van der Waals surface area (Å²) in [5.74, 6) is 0.110. The van der Waals surface area contributed by atoms with Gasteiger partial charge >= 0.3 is 6.03 Å². The SMILES string of the molecule is CCN1CC(NC(=O)N2Cc3ccc(Cl)cc3C2)CC1=O. The zero-order valence-electron chi connectivity index (χ0n) is 11.9. The summed E-state index contributed by atoms with van der Waals surface area (Å²) in [5, 5.41) is 3.65. The van der Waals surface area contributed by atoms with E-state index in [9.17, 15) is 9.59 Å². The monoisotopic (exact) mass is 307 g/mol. The number of urea groups is 1. The van der Waals surface area contributed by atoms with Crippen LogP contribution < -0.4 is 5.32 Å². The molecule has 2 heterocycles. The van der Waals surface area contributed by atoms with Crippen LogP contribution in [-0.2, 0) is 17.9 Å². The molecule has 0 bridgehead atoms. The number of nitrogens with one attached hydrogen (secondary N) is 1. The van der Waals surface area contributed by atoms with Gasteiger partial charge in [-0.2, -0.15) is 0 Å². The van der Waals surface area contributed by atoms with Crippen LogP contribution in [0.3, 0.4) is 0 Å². The largest absolute Gasteiger partial charge is 0.341 e. The van der Waals surface area contributed by atoms with Crippen LogP contribution in [0.5, 0.6) is 0 Å². The van der Waals surface area contributed by atoms with Crippen molar-refractivity contribution < 1.29 is 9.59 Å². The number of fused-ring (bicyclic) bond motifs is 1. The molecule has 1 unspecified atom stereocenters. The van der Waals surface area contributed by atoms with Crippen molar-refractivity contribution in [2.75, 3.05) is 13.1 Å². The van der Waals surface area contributed by atoms with Crippen LogP contribution in [0.15, 0.2) is 18.2 Å². The standard InChI is InChI=1S/C15H18ClN3O2/c1-2-18-9-13(6-14(18)20)17-15(21)19-7-10-3-4-12(16)5-11(10)8-19/h3-5,13H,2,6-9H2,1H3,(H,17,21). The van der Waals surface area contributed by atoms with E-state index in [1.54, 1.807) is 9.80 Å². The number of benzene rings is 1. The highest BCUT2D eigenvalue weighted by Gasteiger charge is 2.31. The van der Waals surface area contributed by atoms with Gasteiger partial charge in [0.1, 0.15) is 0 Å². The summed E-state index contributed by atoms with van der Waals surface area (Å²) in [6, 6.07) is 5.51. The Bertz CT molecular complexity index is 590. The molecule has 1 aromatic carbocycles. The van der Waals surface area contributed by atoms with Crippen molar-refractivity contribution in [2.24, 2.45) is 0 Å². The Hall–Kier alpha value is -1.75. The van der Waals surface area contributed by atoms with E-state index in [0.29, 0.717) is 37.6 Å². The van der Waals surface area contributed by atoms with E-state index in [2.05, 4.69) is 5.32 Å². The zero-order valence-corrected chi connectivity index (χ0v) is 12.7. The van der Waals surface area contributed by atoms with E-state index in [1.807, 2.05) is 25.1 Å².